The molecule has 0 spiro atoms. The van der Waals surface area contributed by atoms with Gasteiger partial charge in [0.1, 0.15) is 54.5 Å². The molecule has 7 aromatic carbocycles. The minimum atomic E-state index is -3.67. The van der Waals surface area contributed by atoms with Crippen LogP contribution in [-0.4, -0.2) is 163 Å². The third-order valence-corrected chi connectivity index (χ3v) is 25.2. The number of aromatic nitrogens is 5. The van der Waals surface area contributed by atoms with Crippen molar-refractivity contribution in [3.63, 3.8) is 0 Å². The Labute approximate surface area is 690 Å². The summed E-state index contributed by atoms with van der Waals surface area (Å²) >= 11 is 3.00. The lowest BCUT2D eigenvalue weighted by molar-refractivity contribution is -0.191. The van der Waals surface area contributed by atoms with E-state index in [1.54, 1.807) is 17.4 Å². The Morgan fingerprint density at radius 3 is 1.48 bits per heavy atom. The van der Waals surface area contributed by atoms with Gasteiger partial charge in [-0.3, -0.25) is 27.3 Å². The SMILES string of the molecule is CC(C)(C)OC(=O)CCCN.CC(C)(C)OC(=O)CCCNC(=O)c1ccccc1-c1c(-c2nc3ccccc3s2)c(=O)oc2c3c4c(cc12)CCCN4CCC3.CN(C)[P+](On1nnc2ccccc21)(N(C)C)N(C)C.FB(F)F.O=C=O.O=c1oc2c3c4c(cc2c(-c2ccccc2)c1-c1nc2ccccc2s1)CCCN4CCC3.[F-]. The Morgan fingerprint density at radius 1 is 0.585 bits per heavy atom. The number of fused-ring (bicyclic) bond motifs is 7. The lowest BCUT2D eigenvalue weighted by Gasteiger charge is -2.37. The van der Waals surface area contributed by atoms with Crippen molar-refractivity contribution in [2.75, 3.05) is 91.4 Å². The van der Waals surface area contributed by atoms with E-state index in [2.05, 4.69) is 69.8 Å². The summed E-state index contributed by atoms with van der Waals surface area (Å²) < 4.78 is 66.4. The first kappa shape index (κ1) is 89.7. The van der Waals surface area contributed by atoms with Crippen LogP contribution < -0.4 is 41.4 Å². The number of esters is 2. The summed E-state index contributed by atoms with van der Waals surface area (Å²) in [7, 11) is 6.23. The van der Waals surface area contributed by atoms with Crippen LogP contribution in [0.5, 0.6) is 0 Å². The highest BCUT2D eigenvalue weighted by molar-refractivity contribution is 7.64. The maximum absolute atomic E-state index is 14.1. The minimum Gasteiger partial charge on any atom is -1.00 e. The largest absolute Gasteiger partial charge is 1.00 e. The fraction of sp³-hybridized carbons (Fsp3) is 0.372. The van der Waals surface area contributed by atoms with Gasteiger partial charge in [-0.25, -0.2) is 19.6 Å². The fourth-order valence-corrected chi connectivity index (χ4v) is 20.2. The number of aryl methyl sites for hydroxylation is 4. The fourth-order valence-electron chi connectivity index (χ4n) is 15.3. The van der Waals surface area contributed by atoms with E-state index >= 15 is 0 Å². The second-order valence-corrected chi connectivity index (χ2v) is 36.5. The number of halogens is 4. The summed E-state index contributed by atoms with van der Waals surface area (Å²) in [5, 5.41) is 14.4. The standard InChI is InChI=1S/C37H37N3O5S.C28H22N2O2S.C12H22N6OP.C8H17NO2.CO2.BF3.FH/c1-37(2,3)45-29(41)17-8-18-38-34(42)24-13-5-4-12-23(24)30-26-21-22-11-9-19-40-20-10-14-25(32(22)40)33(26)44-36(43)31(30)35-39-27-15-6-7-16-28(27)46-35;31-28-24(27-29-21-12-4-5-13-22(21)33-27)23(17-8-2-1-3-9-17)20-16-18-10-6-14-30-15-7-11-19(25(18)30)26(20)32-28;1-15(2)20(16(3)4,17(5)6)19-18-12-10-8-7-9-11(12)13-14-18;1-8(2,3)11-7(10)5-4-6-9;2-1-3;2-1(3)4;/h4-7,12-13,15-16,21H,8-11,14,17-20H2,1-3H3,(H,38,42);1-5,8-9,12-13,16H,6-7,10-11,14-15H2;7-10H,1-6H3;4-6,9H2,1-3H3;;;1H/q;;+1;;;;/p-1. The number of carbonyl (C=O) groups excluding carboxylic acids is 5. The third-order valence-electron chi connectivity index (χ3n) is 19.6. The highest BCUT2D eigenvalue weighted by Gasteiger charge is 2.54. The van der Waals surface area contributed by atoms with Crippen molar-refractivity contribution in [3.8, 4) is 43.4 Å². The molecule has 0 aliphatic carbocycles. The van der Waals surface area contributed by atoms with E-state index in [0.29, 0.717) is 70.8 Å². The number of ether oxygens (including phenoxy) is 2. The molecule has 3 N–H and O–H groups in total. The molecule has 9 heterocycles. The number of amides is 1. The first-order valence-electron chi connectivity index (χ1n) is 38.9. The van der Waals surface area contributed by atoms with Gasteiger partial charge in [0.2, 0.25) is 0 Å². The van der Waals surface area contributed by atoms with Crippen LogP contribution in [-0.2, 0) is 54.3 Å². The second kappa shape index (κ2) is 39.8. The lowest BCUT2D eigenvalue weighted by atomic mass is 9.86. The number of rotatable bonds is 17. The number of thiazole rings is 2. The molecule has 0 saturated heterocycles. The number of nitrogens with zero attached hydrogens (tertiary/aromatic N) is 10. The smallest absolute Gasteiger partial charge is 0.762 e. The van der Waals surface area contributed by atoms with Crippen LogP contribution >= 0.6 is 30.6 Å². The number of hydrogen-bond donors (Lipinski definition) is 2. The van der Waals surface area contributed by atoms with Crippen molar-refractivity contribution < 1.29 is 64.6 Å². The van der Waals surface area contributed by atoms with Crippen LogP contribution in [0.15, 0.2) is 158 Å². The van der Waals surface area contributed by atoms with Gasteiger partial charge in [0.05, 0.1) is 20.4 Å². The van der Waals surface area contributed by atoms with Crippen LogP contribution in [0.4, 0.5) is 24.3 Å². The zero-order chi connectivity index (χ0) is 84.0. The summed E-state index contributed by atoms with van der Waals surface area (Å²) in [6.45, 7) is 16.1. The van der Waals surface area contributed by atoms with Crippen LogP contribution in [0.3, 0.4) is 0 Å². The summed E-state index contributed by atoms with van der Waals surface area (Å²) in [5.74, 6) is -0.735. The van der Waals surface area contributed by atoms with E-state index in [0.717, 1.165) is 141 Å². The van der Waals surface area contributed by atoms with Crippen LogP contribution in [0.1, 0.15) is 126 Å². The lowest BCUT2D eigenvalue weighted by Crippen LogP contribution is -3.00. The Balaban J connectivity index is 0.000000177. The molecule has 0 fully saturated rings. The van der Waals surface area contributed by atoms with Gasteiger partial charge in [-0.1, -0.05) is 84.9 Å². The van der Waals surface area contributed by atoms with Crippen molar-refractivity contribution in [1.82, 2.24) is 44.5 Å². The average Bonchev–Trinajstić information content (AvgIpc) is 1.02. The predicted molar refractivity (Wildman–Crippen MR) is 458 cm³/mol. The molecule has 24 nitrogen and oxygen atoms in total. The number of nitrogens with two attached hydrogens (primary N) is 1. The van der Waals surface area contributed by atoms with Crippen LogP contribution in [0.25, 0.3) is 96.8 Å². The van der Waals surface area contributed by atoms with E-state index in [1.807, 2.05) is 187 Å². The van der Waals surface area contributed by atoms with Gasteiger partial charge in [-0.05, 0) is 199 Å². The second-order valence-electron chi connectivity index (χ2n) is 30.9. The van der Waals surface area contributed by atoms with Crippen molar-refractivity contribution in [3.05, 3.63) is 188 Å². The van der Waals surface area contributed by atoms with Gasteiger partial charge in [0.25, 0.3) is 5.91 Å². The molecule has 4 aliphatic rings. The number of carbonyl (C=O) groups is 3. The van der Waals surface area contributed by atoms with Crippen LogP contribution in [0, 0.1) is 0 Å². The minimum absolute atomic E-state index is 0. The van der Waals surface area contributed by atoms with Gasteiger partial charge in [-0.2, -0.15) is 14.2 Å². The van der Waals surface area contributed by atoms with E-state index in [-0.39, 0.29) is 46.3 Å². The van der Waals surface area contributed by atoms with Crippen molar-refractivity contribution in [1.29, 1.82) is 0 Å². The van der Waals surface area contributed by atoms with E-state index in [4.69, 9.17) is 48.2 Å². The number of hydrogen-bond acceptors (Lipinski definition) is 24. The summed E-state index contributed by atoms with van der Waals surface area (Å²) in [6.07, 6.45) is 10.1. The summed E-state index contributed by atoms with van der Waals surface area (Å²) in [5.41, 5.74) is 20.4. The maximum Gasteiger partial charge on any atom is 0.762 e. The molecule has 16 rings (SSSR count). The molecular formula is C86H98BF4N12O12PS2. The zero-order valence-corrected chi connectivity index (χ0v) is 70.8. The molecule has 4 aliphatic heterocycles. The molecule has 0 radical (unpaired) electrons. The van der Waals surface area contributed by atoms with Gasteiger partial charge >= 0.3 is 44.8 Å². The van der Waals surface area contributed by atoms with E-state index < -0.39 is 26.7 Å². The van der Waals surface area contributed by atoms with Gasteiger partial charge < -0.3 is 43.9 Å². The van der Waals surface area contributed by atoms with Gasteiger partial charge in [0, 0.05) is 138 Å². The molecule has 1 amide bonds. The van der Waals surface area contributed by atoms with Crippen molar-refractivity contribution in [2.45, 2.75) is 130 Å². The van der Waals surface area contributed by atoms with E-state index in [9.17, 15) is 36.9 Å². The maximum atomic E-state index is 14.1. The molecule has 0 saturated carbocycles. The molecule has 118 heavy (non-hydrogen) atoms. The number of anilines is 2. The normalized spacial score (nSPS) is 13.4. The molecule has 0 unspecified atom stereocenters. The molecule has 622 valence electrons. The topological polar surface area (TPSA) is 284 Å². The molecule has 0 bridgehead atoms. The highest BCUT2D eigenvalue weighted by atomic mass is 32.1. The predicted octanol–water partition coefficient (Wildman–Crippen LogP) is 13.3. The first-order valence-corrected chi connectivity index (χ1v) is 42.1. The number of benzene rings is 7. The van der Waals surface area contributed by atoms with Gasteiger partial charge in [0.15, 0.2) is 0 Å². The Morgan fingerprint density at radius 2 is 1.01 bits per heavy atom. The molecule has 12 aromatic rings. The summed E-state index contributed by atoms with van der Waals surface area (Å²) in [4.78, 5) is 97.1. The third kappa shape index (κ3) is 20.9. The van der Waals surface area contributed by atoms with Crippen molar-refractivity contribution in [2.24, 2.45) is 5.73 Å². The first-order chi connectivity index (χ1) is 55.9. The van der Waals surface area contributed by atoms with Crippen molar-refractivity contribution >= 4 is 127 Å². The van der Waals surface area contributed by atoms with Gasteiger partial charge in [-0.15, -0.1) is 41.8 Å². The molecule has 5 aromatic heterocycles. The molecule has 0 atom stereocenters. The quantitative estimate of drug-likeness (QED) is 0.0214. The average molecular weight is 1670 g/mol. The number of nitrogens with one attached hydrogen (secondary N) is 1. The Kier molecular flexibility index (Phi) is 30.2. The van der Waals surface area contributed by atoms with E-state index in [1.165, 1.54) is 50.7 Å². The Bertz CT molecular complexity index is 5610. The number of para-hydroxylation sites is 3. The summed E-state index contributed by atoms with van der Waals surface area (Å²) in [6, 6.07) is 45.7. The molecular weight excluding hydrogens is 1570 g/mol. The Hall–Kier alpha value is -10.6. The highest BCUT2D eigenvalue weighted by Crippen LogP contribution is 2.62. The monoisotopic (exact) mass is 1670 g/mol. The van der Waals surface area contributed by atoms with Crippen LogP contribution in [0.2, 0.25) is 0 Å². The molecule has 32 heteroatoms. The zero-order valence-electron chi connectivity index (χ0n) is 68.3.